The highest BCUT2D eigenvalue weighted by molar-refractivity contribution is 5.86. The van der Waals surface area contributed by atoms with Crippen molar-refractivity contribution in [1.29, 1.82) is 0 Å². The number of hydrogen-bond donors (Lipinski definition) is 1. The van der Waals surface area contributed by atoms with Gasteiger partial charge in [0.25, 0.3) is 0 Å². The Balaban J connectivity index is 0.00000232. The molecule has 5 heteroatoms. The summed E-state index contributed by atoms with van der Waals surface area (Å²) in [4.78, 5) is 12.2. The van der Waals surface area contributed by atoms with Crippen molar-refractivity contribution in [2.75, 3.05) is 0 Å². The van der Waals surface area contributed by atoms with Gasteiger partial charge in [-0.15, -0.1) is 0 Å². The van der Waals surface area contributed by atoms with E-state index in [4.69, 9.17) is 0 Å². The van der Waals surface area contributed by atoms with Crippen LogP contribution in [-0.4, -0.2) is 17.9 Å². The first kappa shape index (κ1) is 21.6. The summed E-state index contributed by atoms with van der Waals surface area (Å²) in [5.74, 6) is -0.0423. The van der Waals surface area contributed by atoms with Gasteiger partial charge < -0.3 is 5.32 Å². The molecule has 0 heterocycles. The lowest BCUT2D eigenvalue weighted by molar-refractivity contribution is -0.137. The van der Waals surface area contributed by atoms with Crippen molar-refractivity contribution in [2.45, 2.75) is 66.2 Å². The zero-order valence-corrected chi connectivity index (χ0v) is 14.8. The van der Waals surface area contributed by atoms with Crippen LogP contribution < -0.4 is 5.32 Å². The monoisotopic (exact) mass is 331 g/mol. The maximum Gasteiger partial charge on any atom is 0.416 e. The standard InChI is InChI=1S/C16H22F3NO.C2H6/c1-10(2)15(21)14(20-11(3)4)9-12-5-7-13(8-6-12)16(17,18)19;1-2/h5-8,10-11,14,20H,9H2,1-4H3;1-2H3. The Morgan fingerprint density at radius 1 is 1.04 bits per heavy atom. The molecule has 1 aromatic rings. The first-order chi connectivity index (χ1) is 10.6. The van der Waals surface area contributed by atoms with Gasteiger partial charge in [-0.25, -0.2) is 0 Å². The van der Waals surface area contributed by atoms with E-state index >= 15 is 0 Å². The molecule has 0 aliphatic rings. The van der Waals surface area contributed by atoms with Crippen molar-refractivity contribution in [3.63, 3.8) is 0 Å². The molecule has 0 fully saturated rings. The Kier molecular flexibility index (Phi) is 9.13. The van der Waals surface area contributed by atoms with E-state index in [0.717, 1.165) is 17.7 Å². The van der Waals surface area contributed by atoms with Crippen molar-refractivity contribution in [3.05, 3.63) is 35.4 Å². The zero-order valence-electron chi connectivity index (χ0n) is 14.8. The van der Waals surface area contributed by atoms with Crippen LogP contribution in [0.1, 0.15) is 52.7 Å². The molecular weight excluding hydrogens is 303 g/mol. The predicted molar refractivity (Wildman–Crippen MR) is 88.4 cm³/mol. The van der Waals surface area contributed by atoms with E-state index in [9.17, 15) is 18.0 Å². The predicted octanol–water partition coefficient (Wildman–Crippen LogP) is 4.87. The van der Waals surface area contributed by atoms with Crippen molar-refractivity contribution in [2.24, 2.45) is 5.92 Å². The third kappa shape index (κ3) is 7.64. The van der Waals surface area contributed by atoms with E-state index in [1.165, 1.54) is 12.1 Å². The SMILES string of the molecule is CC.CC(C)NC(Cc1ccc(C(F)(F)F)cc1)C(=O)C(C)C. The molecule has 1 atom stereocenters. The summed E-state index contributed by atoms with van der Waals surface area (Å²) in [7, 11) is 0. The smallest absolute Gasteiger partial charge is 0.305 e. The highest BCUT2D eigenvalue weighted by Crippen LogP contribution is 2.29. The second kappa shape index (κ2) is 9.71. The zero-order chi connectivity index (χ0) is 18.2. The van der Waals surface area contributed by atoms with Gasteiger partial charge >= 0.3 is 6.18 Å². The van der Waals surface area contributed by atoms with Crippen LogP contribution in [0.5, 0.6) is 0 Å². The Morgan fingerprint density at radius 3 is 1.87 bits per heavy atom. The molecule has 0 bridgehead atoms. The molecule has 2 nitrogen and oxygen atoms in total. The van der Waals surface area contributed by atoms with Crippen LogP contribution in [-0.2, 0) is 17.4 Å². The molecule has 0 saturated carbocycles. The van der Waals surface area contributed by atoms with Gasteiger partial charge in [0.15, 0.2) is 5.78 Å². The molecule has 0 radical (unpaired) electrons. The quantitative estimate of drug-likeness (QED) is 0.806. The highest BCUT2D eigenvalue weighted by Gasteiger charge is 2.30. The van der Waals surface area contributed by atoms with Crippen LogP contribution in [0.25, 0.3) is 0 Å². The van der Waals surface area contributed by atoms with Crippen LogP contribution in [0, 0.1) is 5.92 Å². The Labute approximate surface area is 137 Å². The molecule has 0 aliphatic carbocycles. The fourth-order valence-electron chi connectivity index (χ4n) is 2.11. The number of carbonyl (C=O) groups is 1. The normalized spacial score (nSPS) is 12.8. The van der Waals surface area contributed by atoms with Crippen LogP contribution in [0.2, 0.25) is 0 Å². The lowest BCUT2D eigenvalue weighted by Crippen LogP contribution is -2.44. The number of halogens is 3. The largest absolute Gasteiger partial charge is 0.416 e. The fraction of sp³-hybridized carbons (Fsp3) is 0.611. The molecular formula is C18H28F3NO. The van der Waals surface area contributed by atoms with Gasteiger partial charge in [-0.3, -0.25) is 4.79 Å². The molecule has 23 heavy (non-hydrogen) atoms. The summed E-state index contributed by atoms with van der Waals surface area (Å²) in [5, 5.41) is 3.18. The minimum Gasteiger partial charge on any atom is -0.305 e. The van der Waals surface area contributed by atoms with Crippen molar-refractivity contribution < 1.29 is 18.0 Å². The third-order valence-corrected chi connectivity index (χ3v) is 3.17. The summed E-state index contributed by atoms with van der Waals surface area (Å²) in [6.07, 6.45) is -3.94. The second-order valence-electron chi connectivity index (χ2n) is 5.83. The molecule has 1 unspecified atom stereocenters. The Hall–Kier alpha value is -1.36. The minimum absolute atomic E-state index is 0.0728. The maximum absolute atomic E-state index is 12.5. The molecule has 0 saturated heterocycles. The lowest BCUT2D eigenvalue weighted by Gasteiger charge is -2.22. The number of rotatable bonds is 6. The highest BCUT2D eigenvalue weighted by atomic mass is 19.4. The number of Topliss-reactive ketones (excluding diaryl/α,β-unsaturated/α-hetero) is 1. The third-order valence-electron chi connectivity index (χ3n) is 3.17. The Morgan fingerprint density at radius 2 is 1.52 bits per heavy atom. The van der Waals surface area contributed by atoms with Crippen LogP contribution >= 0.6 is 0 Å². The van der Waals surface area contributed by atoms with Crippen molar-refractivity contribution >= 4 is 5.78 Å². The number of hydrogen-bond acceptors (Lipinski definition) is 2. The summed E-state index contributed by atoms with van der Waals surface area (Å²) >= 11 is 0. The van der Waals surface area contributed by atoms with Gasteiger partial charge in [-0.1, -0.05) is 53.7 Å². The molecule has 0 amide bonds. The van der Waals surface area contributed by atoms with Gasteiger partial charge in [0.1, 0.15) is 0 Å². The van der Waals surface area contributed by atoms with E-state index in [0.29, 0.717) is 6.42 Å². The number of carbonyl (C=O) groups excluding carboxylic acids is 1. The van der Waals surface area contributed by atoms with Gasteiger partial charge in [0.2, 0.25) is 0 Å². The summed E-state index contributed by atoms with van der Waals surface area (Å²) < 4.78 is 37.6. The van der Waals surface area contributed by atoms with E-state index in [1.807, 2.05) is 41.5 Å². The van der Waals surface area contributed by atoms with E-state index in [-0.39, 0.29) is 23.8 Å². The topological polar surface area (TPSA) is 29.1 Å². The molecule has 1 rings (SSSR count). The molecule has 1 N–H and O–H groups in total. The maximum atomic E-state index is 12.5. The first-order valence-electron chi connectivity index (χ1n) is 8.07. The van der Waals surface area contributed by atoms with Gasteiger partial charge in [-0.05, 0) is 24.1 Å². The molecule has 1 aromatic carbocycles. The lowest BCUT2D eigenvalue weighted by atomic mass is 9.94. The van der Waals surface area contributed by atoms with E-state index < -0.39 is 11.7 Å². The first-order valence-corrected chi connectivity index (χ1v) is 8.07. The van der Waals surface area contributed by atoms with Gasteiger partial charge in [-0.2, -0.15) is 13.2 Å². The fourth-order valence-corrected chi connectivity index (χ4v) is 2.11. The number of alkyl halides is 3. The van der Waals surface area contributed by atoms with Crippen molar-refractivity contribution in [1.82, 2.24) is 5.32 Å². The summed E-state index contributed by atoms with van der Waals surface area (Å²) in [5.41, 5.74) is 0.0463. The number of benzene rings is 1. The molecule has 0 aromatic heterocycles. The van der Waals surface area contributed by atoms with Crippen LogP contribution in [0.4, 0.5) is 13.2 Å². The number of ketones is 1. The number of nitrogens with one attached hydrogen (secondary N) is 1. The second-order valence-corrected chi connectivity index (χ2v) is 5.83. The molecule has 0 spiro atoms. The summed E-state index contributed by atoms with van der Waals surface area (Å²) in [6.45, 7) is 11.5. The van der Waals surface area contributed by atoms with Gasteiger partial charge in [0.05, 0.1) is 11.6 Å². The van der Waals surface area contributed by atoms with Crippen LogP contribution in [0.3, 0.4) is 0 Å². The molecule has 0 aliphatic heterocycles. The van der Waals surface area contributed by atoms with Crippen molar-refractivity contribution in [3.8, 4) is 0 Å². The van der Waals surface area contributed by atoms with E-state index in [2.05, 4.69) is 5.32 Å². The Bertz CT molecular complexity index is 464. The molecule has 132 valence electrons. The van der Waals surface area contributed by atoms with Gasteiger partial charge in [0, 0.05) is 12.0 Å². The average molecular weight is 331 g/mol. The average Bonchev–Trinajstić information content (AvgIpc) is 2.47. The minimum atomic E-state index is -4.33. The summed E-state index contributed by atoms with van der Waals surface area (Å²) in [6, 6.07) is 4.74. The van der Waals surface area contributed by atoms with Crippen LogP contribution in [0.15, 0.2) is 24.3 Å². The van der Waals surface area contributed by atoms with E-state index in [1.54, 1.807) is 0 Å².